The molecule has 0 bridgehead atoms. The SMILES string of the molecule is CCC[NH+](CC(=O)Nc1ccccc1C)CC(=O)N(c1ccccc1)C(C)C. The summed E-state index contributed by atoms with van der Waals surface area (Å²) in [4.78, 5) is 28.4. The van der Waals surface area contributed by atoms with Crippen molar-refractivity contribution in [2.75, 3.05) is 29.9 Å². The zero-order valence-corrected chi connectivity index (χ0v) is 17.4. The van der Waals surface area contributed by atoms with E-state index in [1.807, 2.05) is 80.3 Å². The van der Waals surface area contributed by atoms with Crippen molar-refractivity contribution < 1.29 is 14.5 Å². The van der Waals surface area contributed by atoms with Crippen molar-refractivity contribution in [3.63, 3.8) is 0 Å². The predicted molar refractivity (Wildman–Crippen MR) is 115 cm³/mol. The Bertz CT molecular complexity index is 774. The van der Waals surface area contributed by atoms with E-state index in [9.17, 15) is 9.59 Å². The zero-order chi connectivity index (χ0) is 20.5. The van der Waals surface area contributed by atoms with Crippen LogP contribution in [0.1, 0.15) is 32.8 Å². The lowest BCUT2D eigenvalue weighted by atomic mass is 10.2. The largest absolute Gasteiger partial charge is 0.321 e. The van der Waals surface area contributed by atoms with Crippen LogP contribution in [0.5, 0.6) is 0 Å². The minimum atomic E-state index is -0.0682. The van der Waals surface area contributed by atoms with Gasteiger partial charge in [-0.15, -0.1) is 0 Å². The van der Waals surface area contributed by atoms with Crippen molar-refractivity contribution in [3.8, 4) is 0 Å². The van der Waals surface area contributed by atoms with E-state index in [0.29, 0.717) is 6.54 Å². The first-order valence-corrected chi connectivity index (χ1v) is 9.98. The summed E-state index contributed by atoms with van der Waals surface area (Å²) >= 11 is 0. The molecule has 2 aromatic rings. The second-order valence-electron chi connectivity index (χ2n) is 7.41. The molecule has 0 saturated heterocycles. The molecule has 0 saturated carbocycles. The van der Waals surface area contributed by atoms with E-state index >= 15 is 0 Å². The molecule has 28 heavy (non-hydrogen) atoms. The van der Waals surface area contributed by atoms with Gasteiger partial charge >= 0.3 is 0 Å². The number of quaternary nitrogens is 1. The van der Waals surface area contributed by atoms with Gasteiger partial charge in [0.1, 0.15) is 0 Å². The van der Waals surface area contributed by atoms with E-state index in [2.05, 4.69) is 12.2 Å². The number of benzene rings is 2. The van der Waals surface area contributed by atoms with Crippen LogP contribution < -0.4 is 15.1 Å². The van der Waals surface area contributed by atoms with E-state index < -0.39 is 0 Å². The van der Waals surface area contributed by atoms with Gasteiger partial charge in [-0.3, -0.25) is 9.59 Å². The smallest absolute Gasteiger partial charge is 0.282 e. The molecule has 0 fully saturated rings. The van der Waals surface area contributed by atoms with Crippen molar-refractivity contribution in [3.05, 3.63) is 60.2 Å². The maximum Gasteiger partial charge on any atom is 0.282 e. The van der Waals surface area contributed by atoms with E-state index in [1.54, 1.807) is 0 Å². The van der Waals surface area contributed by atoms with Crippen LogP contribution in [0, 0.1) is 6.92 Å². The second-order valence-corrected chi connectivity index (χ2v) is 7.41. The number of carbonyl (C=O) groups is 2. The standard InChI is InChI=1S/C23H31N3O2/c1-5-15-25(16-22(27)24-21-14-10-9-11-19(21)4)17-23(28)26(18(2)3)20-12-7-6-8-13-20/h6-14,18H,5,15-17H2,1-4H3,(H,24,27)/p+1. The van der Waals surface area contributed by atoms with E-state index in [1.165, 1.54) is 0 Å². The van der Waals surface area contributed by atoms with Gasteiger partial charge in [0, 0.05) is 17.4 Å². The lowest BCUT2D eigenvalue weighted by molar-refractivity contribution is -0.883. The summed E-state index contributed by atoms with van der Waals surface area (Å²) in [5.74, 6) is -0.0327. The summed E-state index contributed by atoms with van der Waals surface area (Å²) in [5, 5.41) is 2.97. The van der Waals surface area contributed by atoms with Crippen LogP contribution in [0.3, 0.4) is 0 Å². The topological polar surface area (TPSA) is 53.9 Å². The third kappa shape index (κ3) is 6.20. The molecule has 0 aliphatic carbocycles. The maximum absolute atomic E-state index is 13.0. The van der Waals surface area contributed by atoms with Crippen LogP contribution in [0.25, 0.3) is 0 Å². The third-order valence-electron chi connectivity index (χ3n) is 4.65. The summed E-state index contributed by atoms with van der Waals surface area (Å²) in [6.45, 7) is 9.40. The van der Waals surface area contributed by atoms with Crippen molar-refractivity contribution in [2.45, 2.75) is 40.2 Å². The Morgan fingerprint density at radius 2 is 1.64 bits per heavy atom. The molecule has 2 N–H and O–H groups in total. The highest BCUT2D eigenvalue weighted by molar-refractivity contribution is 5.95. The summed E-state index contributed by atoms with van der Waals surface area (Å²) in [6.07, 6.45) is 0.910. The van der Waals surface area contributed by atoms with Crippen LogP contribution >= 0.6 is 0 Å². The fraction of sp³-hybridized carbons (Fsp3) is 0.391. The molecule has 0 spiro atoms. The number of nitrogens with one attached hydrogen (secondary N) is 2. The Balaban J connectivity index is 2.05. The molecule has 2 aromatic carbocycles. The van der Waals surface area contributed by atoms with Crippen LogP contribution in [-0.2, 0) is 9.59 Å². The van der Waals surface area contributed by atoms with Gasteiger partial charge in [-0.1, -0.05) is 43.3 Å². The molecule has 0 aromatic heterocycles. The lowest BCUT2D eigenvalue weighted by Crippen LogP contribution is -3.14. The molecule has 0 heterocycles. The van der Waals surface area contributed by atoms with Crippen LogP contribution in [0.15, 0.2) is 54.6 Å². The number of hydrogen-bond donors (Lipinski definition) is 2. The normalized spacial score (nSPS) is 11.9. The van der Waals surface area contributed by atoms with Gasteiger partial charge in [0.15, 0.2) is 13.1 Å². The molecule has 0 aliphatic heterocycles. The molecule has 0 radical (unpaired) electrons. The summed E-state index contributed by atoms with van der Waals surface area (Å²) in [7, 11) is 0. The number of rotatable bonds is 9. The summed E-state index contributed by atoms with van der Waals surface area (Å²) in [6, 6.07) is 17.5. The number of nitrogens with zero attached hydrogens (tertiary/aromatic N) is 1. The van der Waals surface area contributed by atoms with E-state index in [4.69, 9.17) is 0 Å². The van der Waals surface area contributed by atoms with Gasteiger partial charge in [0.25, 0.3) is 11.8 Å². The van der Waals surface area contributed by atoms with Crippen LogP contribution in [-0.4, -0.2) is 37.5 Å². The first-order valence-electron chi connectivity index (χ1n) is 9.98. The zero-order valence-electron chi connectivity index (χ0n) is 17.4. The van der Waals surface area contributed by atoms with Crippen LogP contribution in [0.4, 0.5) is 11.4 Å². The molecule has 2 rings (SSSR count). The third-order valence-corrected chi connectivity index (χ3v) is 4.65. The van der Waals surface area contributed by atoms with E-state index in [-0.39, 0.29) is 24.4 Å². The fourth-order valence-corrected chi connectivity index (χ4v) is 3.35. The Morgan fingerprint density at radius 1 is 1.00 bits per heavy atom. The highest BCUT2D eigenvalue weighted by Crippen LogP contribution is 2.16. The Labute approximate surface area is 168 Å². The predicted octanol–water partition coefficient (Wildman–Crippen LogP) is 2.67. The monoisotopic (exact) mass is 382 g/mol. The van der Waals surface area contributed by atoms with Gasteiger partial charge in [0.2, 0.25) is 0 Å². The number of carbonyl (C=O) groups excluding carboxylic acids is 2. The van der Waals surface area contributed by atoms with Gasteiger partial charge in [0.05, 0.1) is 6.54 Å². The highest BCUT2D eigenvalue weighted by atomic mass is 16.2. The first-order chi connectivity index (χ1) is 13.4. The summed E-state index contributed by atoms with van der Waals surface area (Å²) < 4.78 is 0. The molecule has 2 amide bonds. The van der Waals surface area contributed by atoms with Gasteiger partial charge in [-0.05, 0) is 51.0 Å². The average molecular weight is 383 g/mol. The van der Waals surface area contributed by atoms with Gasteiger partial charge < -0.3 is 15.1 Å². The first kappa shape index (κ1) is 21.6. The number of anilines is 2. The molecule has 1 unspecified atom stereocenters. The molecule has 5 nitrogen and oxygen atoms in total. The van der Waals surface area contributed by atoms with Crippen LogP contribution in [0.2, 0.25) is 0 Å². The second kappa shape index (κ2) is 10.6. The molecule has 1 atom stereocenters. The highest BCUT2D eigenvalue weighted by Gasteiger charge is 2.25. The number of para-hydroxylation sites is 2. The van der Waals surface area contributed by atoms with Crippen molar-refractivity contribution in [2.24, 2.45) is 0 Å². The molecular formula is C23H32N3O2+. The van der Waals surface area contributed by atoms with Crippen molar-refractivity contribution in [1.29, 1.82) is 0 Å². The fourth-order valence-electron chi connectivity index (χ4n) is 3.35. The number of amides is 2. The Hall–Kier alpha value is -2.66. The Kier molecular flexibility index (Phi) is 8.20. The lowest BCUT2D eigenvalue weighted by Gasteiger charge is -2.28. The number of aryl methyl sites for hydroxylation is 1. The average Bonchev–Trinajstić information content (AvgIpc) is 2.64. The van der Waals surface area contributed by atoms with Gasteiger partial charge in [-0.2, -0.15) is 0 Å². The van der Waals surface area contributed by atoms with Gasteiger partial charge in [-0.25, -0.2) is 0 Å². The van der Waals surface area contributed by atoms with Crippen molar-refractivity contribution in [1.82, 2.24) is 0 Å². The molecule has 150 valence electrons. The quantitative estimate of drug-likeness (QED) is 0.701. The van der Waals surface area contributed by atoms with E-state index in [0.717, 1.165) is 34.8 Å². The minimum Gasteiger partial charge on any atom is -0.321 e. The summed E-state index contributed by atoms with van der Waals surface area (Å²) in [5.41, 5.74) is 2.74. The Morgan fingerprint density at radius 3 is 2.25 bits per heavy atom. The molecule has 0 aliphatic rings. The number of hydrogen-bond acceptors (Lipinski definition) is 2. The maximum atomic E-state index is 13.0. The molecular weight excluding hydrogens is 350 g/mol. The minimum absolute atomic E-state index is 0.0355. The molecule has 5 heteroatoms. The van der Waals surface area contributed by atoms with Crippen molar-refractivity contribution >= 4 is 23.2 Å².